The second-order valence-electron chi connectivity index (χ2n) is 7.60. The van der Waals surface area contributed by atoms with E-state index in [9.17, 15) is 14.4 Å². The van der Waals surface area contributed by atoms with Crippen LogP contribution in [0.1, 0.15) is 46.8 Å². The van der Waals surface area contributed by atoms with Gasteiger partial charge in [-0.25, -0.2) is 4.98 Å². The second-order valence-corrected chi connectivity index (χ2v) is 8.04. The summed E-state index contributed by atoms with van der Waals surface area (Å²) in [6.07, 6.45) is 3.97. The summed E-state index contributed by atoms with van der Waals surface area (Å²) in [7, 11) is 1.75. The molecule has 0 aliphatic carbocycles. The fraction of sp³-hybridized carbons (Fsp3) is 0.250. The lowest BCUT2D eigenvalue weighted by Crippen LogP contribution is -2.47. The highest BCUT2D eigenvalue weighted by Crippen LogP contribution is 2.16. The Hall–Kier alpha value is -3.45. The van der Waals surface area contributed by atoms with Gasteiger partial charge in [0.15, 0.2) is 5.82 Å². The average molecular weight is 453 g/mol. The first-order valence-electron chi connectivity index (χ1n) is 10.3. The van der Waals surface area contributed by atoms with Crippen LogP contribution in [0.5, 0.6) is 0 Å². The van der Waals surface area contributed by atoms with Gasteiger partial charge in [-0.1, -0.05) is 31.9 Å². The Morgan fingerprint density at radius 2 is 1.66 bits per heavy atom. The molecule has 8 heteroatoms. The molecule has 0 saturated heterocycles. The highest BCUT2D eigenvalue weighted by molar-refractivity contribution is 6.30. The largest absolute Gasteiger partial charge is 0.340 e. The van der Waals surface area contributed by atoms with Crippen LogP contribution in [0.25, 0.3) is 0 Å². The molecule has 1 heterocycles. The molecule has 0 spiro atoms. The Balaban J connectivity index is 1.70. The van der Waals surface area contributed by atoms with Crippen LogP contribution in [-0.2, 0) is 11.8 Å². The summed E-state index contributed by atoms with van der Waals surface area (Å²) < 4.78 is 1.65. The first-order valence-corrected chi connectivity index (χ1v) is 10.7. The number of benzene rings is 2. The summed E-state index contributed by atoms with van der Waals surface area (Å²) in [6.45, 7) is 3.86. The van der Waals surface area contributed by atoms with Crippen molar-refractivity contribution >= 4 is 34.9 Å². The van der Waals surface area contributed by atoms with Crippen LogP contribution < -0.4 is 10.6 Å². The molecule has 2 aromatic carbocycles. The van der Waals surface area contributed by atoms with Crippen molar-refractivity contribution in [2.24, 2.45) is 13.0 Å². The summed E-state index contributed by atoms with van der Waals surface area (Å²) in [6, 6.07) is 12.3. The van der Waals surface area contributed by atoms with Gasteiger partial charge in [0, 0.05) is 41.3 Å². The van der Waals surface area contributed by atoms with Crippen LogP contribution in [-0.4, -0.2) is 33.2 Å². The van der Waals surface area contributed by atoms with E-state index < -0.39 is 6.04 Å². The Morgan fingerprint density at radius 1 is 1.03 bits per heavy atom. The Labute approximate surface area is 191 Å². The van der Waals surface area contributed by atoms with E-state index in [2.05, 4.69) is 15.6 Å². The third-order valence-corrected chi connectivity index (χ3v) is 5.58. The van der Waals surface area contributed by atoms with Crippen LogP contribution in [0.4, 0.5) is 5.69 Å². The Bertz CT molecular complexity index is 1110. The van der Waals surface area contributed by atoms with Gasteiger partial charge in [0.25, 0.3) is 5.91 Å². The van der Waals surface area contributed by atoms with Gasteiger partial charge in [0.05, 0.1) is 0 Å². The number of carbonyl (C=O) groups is 3. The van der Waals surface area contributed by atoms with Crippen LogP contribution in [0.2, 0.25) is 5.02 Å². The van der Waals surface area contributed by atoms with Gasteiger partial charge in [-0.05, 0) is 54.4 Å². The smallest absolute Gasteiger partial charge is 0.251 e. The van der Waals surface area contributed by atoms with Gasteiger partial charge < -0.3 is 15.2 Å². The summed E-state index contributed by atoms with van der Waals surface area (Å²) in [5.74, 6) is -0.634. The molecule has 2 N–H and O–H groups in total. The topological polar surface area (TPSA) is 93.1 Å². The molecule has 32 heavy (non-hydrogen) atoms. The van der Waals surface area contributed by atoms with E-state index in [1.165, 1.54) is 0 Å². The van der Waals surface area contributed by atoms with E-state index in [0.717, 1.165) is 0 Å². The zero-order valence-corrected chi connectivity index (χ0v) is 18.9. The maximum Gasteiger partial charge on any atom is 0.251 e. The van der Waals surface area contributed by atoms with Crippen molar-refractivity contribution in [2.45, 2.75) is 26.3 Å². The van der Waals surface area contributed by atoms with Gasteiger partial charge in [0.1, 0.15) is 6.04 Å². The van der Waals surface area contributed by atoms with E-state index in [-0.39, 0.29) is 23.5 Å². The number of halogens is 1. The minimum Gasteiger partial charge on any atom is -0.340 e. The molecular formula is C24H25ClN4O3. The lowest BCUT2D eigenvalue weighted by molar-refractivity contribution is -0.119. The maximum absolute atomic E-state index is 13.0. The monoisotopic (exact) mass is 452 g/mol. The van der Waals surface area contributed by atoms with Crippen molar-refractivity contribution in [3.63, 3.8) is 0 Å². The standard InChI is InChI=1S/C24H25ClN4O3/c1-4-15(2)20(28-23(31)17-5-9-18(25)10-6-17)24(32)27-19-11-7-16(8-12-19)21(30)22-26-13-14-29(22)3/h5-15,20H,4H2,1-3H3,(H,27,32)(H,28,31). The van der Waals surface area contributed by atoms with E-state index in [0.29, 0.717) is 34.1 Å². The summed E-state index contributed by atoms with van der Waals surface area (Å²) >= 11 is 5.88. The Morgan fingerprint density at radius 3 is 2.22 bits per heavy atom. The van der Waals surface area contributed by atoms with E-state index in [1.54, 1.807) is 72.5 Å². The summed E-state index contributed by atoms with van der Waals surface area (Å²) in [5.41, 5.74) is 1.42. The second kappa shape index (κ2) is 10.2. The predicted molar refractivity (Wildman–Crippen MR) is 124 cm³/mol. The molecule has 0 bridgehead atoms. The lowest BCUT2D eigenvalue weighted by atomic mass is 9.97. The molecule has 2 atom stereocenters. The van der Waals surface area contributed by atoms with Gasteiger partial charge >= 0.3 is 0 Å². The molecule has 2 unspecified atom stereocenters. The predicted octanol–water partition coefficient (Wildman–Crippen LogP) is 4.09. The highest BCUT2D eigenvalue weighted by Gasteiger charge is 2.26. The van der Waals surface area contributed by atoms with E-state index in [1.807, 2.05) is 13.8 Å². The van der Waals surface area contributed by atoms with Crippen molar-refractivity contribution in [3.05, 3.63) is 82.9 Å². The van der Waals surface area contributed by atoms with Gasteiger partial charge in [-0.3, -0.25) is 14.4 Å². The number of hydrogen-bond acceptors (Lipinski definition) is 4. The number of nitrogens with zero attached hydrogens (tertiary/aromatic N) is 2. The number of anilines is 1. The van der Waals surface area contributed by atoms with Crippen molar-refractivity contribution in [2.75, 3.05) is 5.32 Å². The molecule has 0 fully saturated rings. The molecule has 2 amide bonds. The SMILES string of the molecule is CCC(C)C(NC(=O)c1ccc(Cl)cc1)C(=O)Nc1ccc(C(=O)c2nccn2C)cc1. The summed E-state index contributed by atoms with van der Waals surface area (Å²) in [4.78, 5) is 42.2. The molecule has 7 nitrogen and oxygen atoms in total. The lowest BCUT2D eigenvalue weighted by Gasteiger charge is -2.23. The normalized spacial score (nSPS) is 12.6. The fourth-order valence-corrected chi connectivity index (χ4v) is 3.29. The Kier molecular flexibility index (Phi) is 7.43. The average Bonchev–Trinajstić information content (AvgIpc) is 3.23. The molecule has 3 aromatic rings. The number of amides is 2. The van der Waals surface area contributed by atoms with Gasteiger partial charge in [0.2, 0.25) is 11.7 Å². The molecule has 3 rings (SSSR count). The molecule has 0 saturated carbocycles. The van der Waals surface area contributed by atoms with Crippen molar-refractivity contribution in [3.8, 4) is 0 Å². The number of nitrogens with one attached hydrogen (secondary N) is 2. The molecule has 1 aromatic heterocycles. The molecular weight excluding hydrogens is 428 g/mol. The van der Waals surface area contributed by atoms with Crippen LogP contribution in [0.3, 0.4) is 0 Å². The molecule has 0 radical (unpaired) electrons. The van der Waals surface area contributed by atoms with Gasteiger partial charge in [-0.15, -0.1) is 0 Å². The zero-order chi connectivity index (χ0) is 23.3. The molecule has 166 valence electrons. The van der Waals surface area contributed by atoms with Crippen LogP contribution in [0, 0.1) is 5.92 Å². The third kappa shape index (κ3) is 5.42. The summed E-state index contributed by atoms with van der Waals surface area (Å²) in [5, 5.41) is 6.18. The van der Waals surface area contributed by atoms with Gasteiger partial charge in [-0.2, -0.15) is 0 Å². The fourth-order valence-electron chi connectivity index (χ4n) is 3.17. The van der Waals surface area contributed by atoms with E-state index >= 15 is 0 Å². The first-order chi connectivity index (χ1) is 15.3. The minimum absolute atomic E-state index is 0.0875. The van der Waals surface area contributed by atoms with E-state index in [4.69, 9.17) is 11.6 Å². The van der Waals surface area contributed by atoms with Crippen molar-refractivity contribution in [1.29, 1.82) is 0 Å². The first kappa shape index (κ1) is 23.2. The molecule has 0 aliphatic heterocycles. The molecule has 0 aliphatic rings. The number of hydrogen-bond donors (Lipinski definition) is 2. The third-order valence-electron chi connectivity index (χ3n) is 5.33. The number of aryl methyl sites for hydroxylation is 1. The quantitative estimate of drug-likeness (QED) is 0.503. The van der Waals surface area contributed by atoms with Crippen molar-refractivity contribution < 1.29 is 14.4 Å². The number of imidazole rings is 1. The van der Waals surface area contributed by atoms with Crippen LogP contribution in [0.15, 0.2) is 60.9 Å². The number of ketones is 1. The van der Waals surface area contributed by atoms with Crippen molar-refractivity contribution in [1.82, 2.24) is 14.9 Å². The number of rotatable bonds is 8. The highest BCUT2D eigenvalue weighted by atomic mass is 35.5. The minimum atomic E-state index is -0.725. The zero-order valence-electron chi connectivity index (χ0n) is 18.1. The van der Waals surface area contributed by atoms with Crippen LogP contribution >= 0.6 is 11.6 Å². The number of aromatic nitrogens is 2. The number of carbonyl (C=O) groups excluding carboxylic acids is 3. The maximum atomic E-state index is 13.0.